The Balaban J connectivity index is 2.75. The van der Waals surface area contributed by atoms with Crippen LogP contribution >= 0.6 is 0 Å². The molecule has 18 heavy (non-hydrogen) atoms. The number of furan rings is 1. The molecule has 0 N–H and O–H groups in total. The van der Waals surface area contributed by atoms with E-state index >= 15 is 0 Å². The fourth-order valence-corrected chi connectivity index (χ4v) is 1.37. The first-order valence-electron chi connectivity index (χ1n) is 4.54. The Morgan fingerprint density at radius 2 is 1.33 bits per heavy atom. The molecule has 94 valence electrons. The molecule has 2 rings (SSSR count). The molecule has 2 aromatic rings. The maximum Gasteiger partial charge on any atom is 0.200 e. The average Bonchev–Trinajstić information content (AvgIpc) is 2.83. The zero-order valence-electron chi connectivity index (χ0n) is 8.44. The number of halogens is 5. The van der Waals surface area contributed by atoms with Crippen molar-refractivity contribution in [1.29, 1.82) is 0 Å². The quantitative estimate of drug-likeness (QED) is 0.359. The number of hydrogen-bond donors (Lipinski definition) is 0. The summed E-state index contributed by atoms with van der Waals surface area (Å²) >= 11 is 0. The second-order valence-corrected chi connectivity index (χ2v) is 3.26. The topological polar surface area (TPSA) is 30.2 Å². The van der Waals surface area contributed by atoms with Crippen molar-refractivity contribution in [2.75, 3.05) is 0 Å². The maximum atomic E-state index is 13.3. The number of aldehydes is 1. The molecule has 0 atom stereocenters. The molecule has 0 aliphatic carbocycles. The molecule has 2 nitrogen and oxygen atoms in total. The van der Waals surface area contributed by atoms with Crippen LogP contribution in [0.5, 0.6) is 0 Å². The zero-order chi connectivity index (χ0) is 13.4. The van der Waals surface area contributed by atoms with E-state index in [0.29, 0.717) is 0 Å². The van der Waals surface area contributed by atoms with Crippen molar-refractivity contribution in [3.05, 3.63) is 47.0 Å². The molecule has 0 amide bonds. The molecule has 0 bridgehead atoms. The number of hydrogen-bond acceptors (Lipinski definition) is 2. The van der Waals surface area contributed by atoms with Gasteiger partial charge in [0.2, 0.25) is 5.82 Å². The Morgan fingerprint density at radius 1 is 0.833 bits per heavy atom. The third-order valence-corrected chi connectivity index (χ3v) is 2.20. The van der Waals surface area contributed by atoms with Crippen molar-refractivity contribution in [2.24, 2.45) is 0 Å². The molecule has 1 heterocycles. The fraction of sp³-hybridized carbons (Fsp3) is 0. The van der Waals surface area contributed by atoms with Crippen LogP contribution in [0, 0.1) is 29.1 Å². The first kappa shape index (κ1) is 12.3. The van der Waals surface area contributed by atoms with Gasteiger partial charge in [0.25, 0.3) is 0 Å². The molecular weight excluding hydrogens is 259 g/mol. The van der Waals surface area contributed by atoms with E-state index in [1.165, 1.54) is 0 Å². The summed E-state index contributed by atoms with van der Waals surface area (Å²) < 4.78 is 69.9. The van der Waals surface area contributed by atoms with Gasteiger partial charge in [-0.3, -0.25) is 4.79 Å². The van der Waals surface area contributed by atoms with E-state index in [1.807, 2.05) is 0 Å². The van der Waals surface area contributed by atoms with Gasteiger partial charge in [-0.2, -0.15) is 0 Å². The van der Waals surface area contributed by atoms with Crippen LogP contribution in [0.25, 0.3) is 11.3 Å². The lowest BCUT2D eigenvalue weighted by molar-refractivity contribution is 0.110. The van der Waals surface area contributed by atoms with Crippen molar-refractivity contribution in [3.63, 3.8) is 0 Å². The van der Waals surface area contributed by atoms with Gasteiger partial charge in [0.05, 0.1) is 5.56 Å². The summed E-state index contributed by atoms with van der Waals surface area (Å²) in [5.74, 6) is -11.4. The van der Waals surface area contributed by atoms with Crippen LogP contribution in [-0.2, 0) is 0 Å². The minimum absolute atomic E-state index is 0.232. The molecule has 0 saturated carbocycles. The number of benzene rings is 1. The third kappa shape index (κ3) is 1.68. The highest BCUT2D eigenvalue weighted by molar-refractivity contribution is 5.73. The van der Waals surface area contributed by atoms with Gasteiger partial charge in [0.15, 0.2) is 35.3 Å². The van der Waals surface area contributed by atoms with Crippen molar-refractivity contribution in [2.45, 2.75) is 0 Å². The Morgan fingerprint density at radius 3 is 1.78 bits per heavy atom. The second kappa shape index (κ2) is 4.25. The summed E-state index contributed by atoms with van der Waals surface area (Å²) in [5.41, 5.74) is -1.21. The van der Waals surface area contributed by atoms with Crippen molar-refractivity contribution in [3.8, 4) is 11.3 Å². The maximum absolute atomic E-state index is 13.3. The van der Waals surface area contributed by atoms with Crippen molar-refractivity contribution < 1.29 is 31.2 Å². The van der Waals surface area contributed by atoms with Crippen LogP contribution in [0.3, 0.4) is 0 Å². The Kier molecular flexibility index (Phi) is 2.90. The minimum atomic E-state index is -2.25. The highest BCUT2D eigenvalue weighted by Crippen LogP contribution is 2.32. The van der Waals surface area contributed by atoms with Crippen LogP contribution in [0.4, 0.5) is 22.0 Å². The molecular formula is C11H3F5O2. The third-order valence-electron chi connectivity index (χ3n) is 2.20. The molecule has 1 aromatic heterocycles. The second-order valence-electron chi connectivity index (χ2n) is 3.26. The van der Waals surface area contributed by atoms with Gasteiger partial charge in [-0.05, 0) is 12.1 Å². The first-order valence-corrected chi connectivity index (χ1v) is 4.54. The van der Waals surface area contributed by atoms with Gasteiger partial charge < -0.3 is 4.42 Å². The highest BCUT2D eigenvalue weighted by Gasteiger charge is 2.28. The molecule has 0 radical (unpaired) electrons. The van der Waals surface area contributed by atoms with Crippen LogP contribution < -0.4 is 0 Å². The Labute approximate surface area is 96.6 Å². The van der Waals surface area contributed by atoms with Crippen molar-refractivity contribution in [1.82, 2.24) is 0 Å². The fourth-order valence-electron chi connectivity index (χ4n) is 1.37. The molecule has 0 aliphatic rings. The van der Waals surface area contributed by atoms with E-state index in [9.17, 15) is 26.7 Å². The highest BCUT2D eigenvalue weighted by atomic mass is 19.2. The Hall–Kier alpha value is -2.18. The molecule has 0 unspecified atom stereocenters. The summed E-state index contributed by atoms with van der Waals surface area (Å²) in [4.78, 5) is 10.3. The molecule has 0 saturated heterocycles. The lowest BCUT2D eigenvalue weighted by Gasteiger charge is -2.05. The largest absolute Gasteiger partial charge is 0.453 e. The monoisotopic (exact) mass is 262 g/mol. The van der Waals surface area contributed by atoms with E-state index < -0.39 is 40.4 Å². The van der Waals surface area contributed by atoms with Gasteiger partial charge in [0, 0.05) is 0 Å². The molecule has 1 aromatic carbocycles. The molecule has 0 spiro atoms. The van der Waals surface area contributed by atoms with E-state index in [0.717, 1.165) is 12.1 Å². The van der Waals surface area contributed by atoms with Crippen molar-refractivity contribution >= 4 is 6.29 Å². The van der Waals surface area contributed by atoms with E-state index in [4.69, 9.17) is 0 Å². The summed E-state index contributed by atoms with van der Waals surface area (Å²) in [7, 11) is 0. The SMILES string of the molecule is O=Cc1ccc(-c2c(F)c(F)c(F)c(F)c2F)o1. The number of carbonyl (C=O) groups excluding carboxylic acids is 1. The van der Waals surface area contributed by atoms with Gasteiger partial charge in [-0.15, -0.1) is 0 Å². The van der Waals surface area contributed by atoms with Gasteiger partial charge in [-0.1, -0.05) is 0 Å². The number of carbonyl (C=O) groups is 1. The standard InChI is InChI=1S/C11H3F5O2/c12-7-6(5-2-1-4(3-17)18-5)8(13)10(15)11(16)9(7)14/h1-3H. The summed E-state index contributed by atoms with van der Waals surface area (Å²) in [5, 5.41) is 0. The normalized spacial score (nSPS) is 10.7. The molecule has 7 heteroatoms. The zero-order valence-corrected chi connectivity index (χ0v) is 8.44. The van der Waals surface area contributed by atoms with Gasteiger partial charge in [-0.25, -0.2) is 22.0 Å². The predicted octanol–water partition coefficient (Wildman–Crippen LogP) is 3.45. The van der Waals surface area contributed by atoms with Crippen LogP contribution in [0.2, 0.25) is 0 Å². The average molecular weight is 262 g/mol. The molecule has 0 fully saturated rings. The van der Waals surface area contributed by atoms with Crippen LogP contribution in [-0.4, -0.2) is 6.29 Å². The Bertz CT molecular complexity index is 604. The molecule has 0 aliphatic heterocycles. The van der Waals surface area contributed by atoms with Gasteiger partial charge >= 0.3 is 0 Å². The van der Waals surface area contributed by atoms with Gasteiger partial charge in [0.1, 0.15) is 5.76 Å². The summed E-state index contributed by atoms with van der Waals surface area (Å²) in [6.45, 7) is 0. The smallest absolute Gasteiger partial charge is 0.200 e. The summed E-state index contributed by atoms with van der Waals surface area (Å²) in [6, 6.07) is 1.97. The van der Waals surface area contributed by atoms with E-state index in [1.54, 1.807) is 0 Å². The number of rotatable bonds is 2. The minimum Gasteiger partial charge on any atom is -0.453 e. The predicted molar refractivity (Wildman–Crippen MR) is 49.3 cm³/mol. The lowest BCUT2D eigenvalue weighted by Crippen LogP contribution is -2.03. The summed E-state index contributed by atoms with van der Waals surface area (Å²) in [6.07, 6.45) is 0.232. The van der Waals surface area contributed by atoms with Crippen LogP contribution in [0.1, 0.15) is 10.6 Å². The van der Waals surface area contributed by atoms with E-state index in [-0.39, 0.29) is 12.0 Å². The van der Waals surface area contributed by atoms with Crippen LogP contribution in [0.15, 0.2) is 16.5 Å². The van der Waals surface area contributed by atoms with E-state index in [2.05, 4.69) is 4.42 Å². The first-order chi connectivity index (χ1) is 8.47. The lowest BCUT2D eigenvalue weighted by atomic mass is 10.1.